The van der Waals surface area contributed by atoms with Gasteiger partial charge in [0.1, 0.15) is 0 Å². The van der Waals surface area contributed by atoms with E-state index in [-0.39, 0.29) is 6.10 Å². The summed E-state index contributed by atoms with van der Waals surface area (Å²) < 4.78 is 5.88. The van der Waals surface area contributed by atoms with Crippen LogP contribution >= 0.6 is 0 Å². The van der Waals surface area contributed by atoms with Crippen molar-refractivity contribution in [1.82, 2.24) is 4.90 Å². The van der Waals surface area contributed by atoms with E-state index in [0.29, 0.717) is 18.1 Å². The minimum absolute atomic E-state index is 0.0618. The van der Waals surface area contributed by atoms with Crippen molar-refractivity contribution < 1.29 is 9.84 Å². The van der Waals surface area contributed by atoms with Crippen LogP contribution in [0.1, 0.15) is 45.4 Å². The van der Waals surface area contributed by atoms with E-state index in [4.69, 9.17) is 4.74 Å². The number of ether oxygens (including phenoxy) is 1. The molecular weight excluding hydrogens is 226 g/mol. The normalized spacial score (nSPS) is 45.3. The van der Waals surface area contributed by atoms with Gasteiger partial charge >= 0.3 is 0 Å². The van der Waals surface area contributed by atoms with Crippen LogP contribution in [0.25, 0.3) is 0 Å². The first-order chi connectivity index (χ1) is 8.74. The fraction of sp³-hybridized carbons (Fsp3) is 1.00. The Balaban J connectivity index is 1.54. The minimum Gasteiger partial charge on any atom is -0.393 e. The van der Waals surface area contributed by atoms with Gasteiger partial charge in [-0.2, -0.15) is 0 Å². The van der Waals surface area contributed by atoms with E-state index in [1.54, 1.807) is 0 Å². The summed E-state index contributed by atoms with van der Waals surface area (Å²) in [6.45, 7) is 5.56. The van der Waals surface area contributed by atoms with Crippen molar-refractivity contribution in [2.45, 2.75) is 63.8 Å². The van der Waals surface area contributed by atoms with Gasteiger partial charge in [0.25, 0.3) is 0 Å². The fourth-order valence-corrected chi connectivity index (χ4v) is 4.09. The number of rotatable bonds is 3. The molecule has 1 saturated carbocycles. The summed E-state index contributed by atoms with van der Waals surface area (Å²) in [7, 11) is 0. The van der Waals surface area contributed by atoms with Crippen molar-refractivity contribution in [3.8, 4) is 0 Å². The van der Waals surface area contributed by atoms with Crippen molar-refractivity contribution in [2.75, 3.05) is 19.6 Å². The zero-order chi connectivity index (χ0) is 12.5. The number of morpholine rings is 1. The third-order valence-electron chi connectivity index (χ3n) is 5.24. The van der Waals surface area contributed by atoms with Crippen LogP contribution < -0.4 is 0 Å². The maximum atomic E-state index is 10.2. The zero-order valence-corrected chi connectivity index (χ0v) is 11.6. The van der Waals surface area contributed by atoms with Crippen molar-refractivity contribution in [1.29, 1.82) is 0 Å². The molecule has 3 nitrogen and oxygen atoms in total. The van der Waals surface area contributed by atoms with Crippen LogP contribution in [0, 0.1) is 11.8 Å². The van der Waals surface area contributed by atoms with Crippen molar-refractivity contribution in [3.05, 3.63) is 0 Å². The lowest BCUT2D eigenvalue weighted by Crippen LogP contribution is -2.47. The lowest BCUT2D eigenvalue weighted by Gasteiger charge is -2.39. The number of hydrogen-bond acceptors (Lipinski definition) is 3. The van der Waals surface area contributed by atoms with Crippen molar-refractivity contribution in [2.24, 2.45) is 11.8 Å². The molecule has 0 aromatic rings. The topological polar surface area (TPSA) is 32.7 Å². The molecule has 2 bridgehead atoms. The van der Waals surface area contributed by atoms with Crippen molar-refractivity contribution >= 4 is 0 Å². The number of likely N-dealkylation sites (tertiary alicyclic amines) is 1. The second-order valence-corrected chi connectivity index (χ2v) is 6.59. The van der Waals surface area contributed by atoms with Gasteiger partial charge in [0.05, 0.1) is 18.3 Å². The highest BCUT2D eigenvalue weighted by Gasteiger charge is 2.36. The molecule has 3 heteroatoms. The quantitative estimate of drug-likeness (QED) is 0.835. The Hall–Kier alpha value is -0.120. The van der Waals surface area contributed by atoms with Gasteiger partial charge in [-0.15, -0.1) is 0 Å². The summed E-state index contributed by atoms with van der Waals surface area (Å²) in [5.74, 6) is 1.34. The predicted octanol–water partition coefficient (Wildman–Crippen LogP) is 2.04. The largest absolute Gasteiger partial charge is 0.393 e. The average Bonchev–Trinajstić information content (AvgIpc) is 2.71. The maximum absolute atomic E-state index is 10.2. The monoisotopic (exact) mass is 253 g/mol. The van der Waals surface area contributed by atoms with Gasteiger partial charge < -0.3 is 9.84 Å². The van der Waals surface area contributed by atoms with E-state index >= 15 is 0 Å². The molecular formula is C15H27NO2. The van der Waals surface area contributed by atoms with Crippen LogP contribution in [-0.2, 0) is 4.74 Å². The number of aliphatic hydroxyl groups is 1. The molecule has 0 spiro atoms. The Morgan fingerprint density at radius 2 is 1.83 bits per heavy atom. The second-order valence-electron chi connectivity index (χ2n) is 6.59. The molecule has 1 aliphatic carbocycles. The Labute approximate surface area is 110 Å². The summed E-state index contributed by atoms with van der Waals surface area (Å²) in [5, 5.41) is 10.2. The molecule has 1 N–H and O–H groups in total. The second kappa shape index (κ2) is 5.48. The molecule has 18 heavy (non-hydrogen) atoms. The Bertz CT molecular complexity index is 272. The molecule has 0 radical (unpaired) electrons. The van der Waals surface area contributed by atoms with Gasteiger partial charge in [-0.25, -0.2) is 0 Å². The molecule has 5 atom stereocenters. The first-order valence-electron chi connectivity index (χ1n) is 7.80. The average molecular weight is 253 g/mol. The van der Waals surface area contributed by atoms with Crippen molar-refractivity contribution in [3.63, 3.8) is 0 Å². The van der Waals surface area contributed by atoms with E-state index in [0.717, 1.165) is 32.0 Å². The van der Waals surface area contributed by atoms with Crippen LogP contribution in [0.15, 0.2) is 0 Å². The van der Waals surface area contributed by atoms with Gasteiger partial charge in [-0.05, 0) is 43.9 Å². The standard InChI is InChI=1S/C15H27NO2/c1-2-11-3-6-15(17)12(7-11)8-16-9-13-4-5-14(10-16)18-13/h11-15,17H,2-10H2,1H3. The highest BCUT2D eigenvalue weighted by Crippen LogP contribution is 2.33. The Kier molecular flexibility index (Phi) is 3.92. The first-order valence-corrected chi connectivity index (χ1v) is 7.80. The highest BCUT2D eigenvalue weighted by molar-refractivity contribution is 4.88. The molecule has 2 saturated heterocycles. The first kappa shape index (κ1) is 12.9. The number of hydrogen-bond donors (Lipinski definition) is 1. The van der Waals surface area contributed by atoms with Gasteiger partial charge in [-0.1, -0.05) is 13.3 Å². The molecule has 3 aliphatic rings. The van der Waals surface area contributed by atoms with Gasteiger partial charge in [0, 0.05) is 19.6 Å². The smallest absolute Gasteiger partial charge is 0.0707 e. The zero-order valence-electron chi connectivity index (χ0n) is 11.6. The molecule has 0 amide bonds. The van der Waals surface area contributed by atoms with Crippen LogP contribution in [0.2, 0.25) is 0 Å². The summed E-state index contributed by atoms with van der Waals surface area (Å²) in [6.07, 6.45) is 8.12. The fourth-order valence-electron chi connectivity index (χ4n) is 4.09. The Morgan fingerprint density at radius 3 is 2.50 bits per heavy atom. The molecule has 3 fully saturated rings. The molecule has 2 heterocycles. The predicted molar refractivity (Wildman–Crippen MR) is 71.5 cm³/mol. The van der Waals surface area contributed by atoms with Crippen LogP contribution in [0.4, 0.5) is 0 Å². The van der Waals surface area contributed by atoms with Gasteiger partial charge in [-0.3, -0.25) is 4.90 Å². The lowest BCUT2D eigenvalue weighted by molar-refractivity contribution is -0.0559. The molecule has 0 aromatic carbocycles. The lowest BCUT2D eigenvalue weighted by atomic mass is 9.78. The van der Waals surface area contributed by atoms with E-state index < -0.39 is 0 Å². The Morgan fingerprint density at radius 1 is 1.11 bits per heavy atom. The number of nitrogens with zero attached hydrogens (tertiary/aromatic N) is 1. The summed E-state index contributed by atoms with van der Waals surface area (Å²) >= 11 is 0. The van der Waals surface area contributed by atoms with E-state index in [1.807, 2.05) is 0 Å². The molecule has 5 unspecified atom stereocenters. The molecule has 104 valence electrons. The van der Waals surface area contributed by atoms with Gasteiger partial charge in [0.15, 0.2) is 0 Å². The third-order valence-corrected chi connectivity index (χ3v) is 5.24. The van der Waals surface area contributed by atoms with Gasteiger partial charge in [0.2, 0.25) is 0 Å². The van der Waals surface area contributed by atoms with E-state index in [1.165, 1.54) is 32.1 Å². The van der Waals surface area contributed by atoms with E-state index in [9.17, 15) is 5.11 Å². The highest BCUT2D eigenvalue weighted by atomic mass is 16.5. The van der Waals surface area contributed by atoms with E-state index in [2.05, 4.69) is 11.8 Å². The molecule has 0 aromatic heterocycles. The van der Waals surface area contributed by atoms with Crippen LogP contribution in [-0.4, -0.2) is 48.0 Å². The molecule has 2 aliphatic heterocycles. The number of aliphatic hydroxyl groups excluding tert-OH is 1. The third kappa shape index (κ3) is 2.73. The van der Waals surface area contributed by atoms with Crippen LogP contribution in [0.5, 0.6) is 0 Å². The summed E-state index contributed by atoms with van der Waals surface area (Å²) in [4.78, 5) is 2.55. The maximum Gasteiger partial charge on any atom is 0.0707 e. The molecule has 3 rings (SSSR count). The number of fused-ring (bicyclic) bond motifs is 2. The minimum atomic E-state index is -0.0618. The van der Waals surface area contributed by atoms with Crippen LogP contribution in [0.3, 0.4) is 0 Å². The summed E-state index contributed by atoms with van der Waals surface area (Å²) in [5.41, 5.74) is 0. The SMILES string of the molecule is CCC1CCC(O)C(CN2CC3CCC(C2)O3)C1. The summed E-state index contributed by atoms with van der Waals surface area (Å²) in [6, 6.07) is 0.